The van der Waals surface area contributed by atoms with Crippen molar-refractivity contribution in [3.63, 3.8) is 0 Å². The quantitative estimate of drug-likeness (QED) is 0.682. The number of phenols is 1. The second-order valence-electron chi connectivity index (χ2n) is 3.68. The third-order valence-corrected chi connectivity index (χ3v) is 3.84. The molecule has 0 aliphatic rings. The molecule has 0 saturated carbocycles. The van der Waals surface area contributed by atoms with Crippen LogP contribution in [-0.4, -0.2) is 15.7 Å². The number of phenolic OH excluding ortho intramolecular Hbond substituents is 1. The first-order valence-electron chi connectivity index (χ1n) is 4.60. The molecule has 2 nitrogen and oxygen atoms in total. The van der Waals surface area contributed by atoms with Gasteiger partial charge in [0, 0.05) is 5.56 Å². The maximum atomic E-state index is 11.9. The van der Waals surface area contributed by atoms with Gasteiger partial charge in [0.1, 0.15) is 5.75 Å². The van der Waals surface area contributed by atoms with E-state index in [1.54, 1.807) is 6.07 Å². The van der Waals surface area contributed by atoms with E-state index in [2.05, 4.69) is 15.9 Å². The molecule has 1 aromatic rings. The van der Waals surface area contributed by atoms with Gasteiger partial charge in [0.25, 0.3) is 0 Å². The lowest BCUT2D eigenvalue weighted by molar-refractivity contribution is 0.0978. The van der Waals surface area contributed by atoms with E-state index in [9.17, 15) is 9.90 Å². The predicted octanol–water partition coefficient (Wildman–Crippen LogP) is 3.65. The SMILES string of the molecule is CC(C)C(Br)C(=O)c1ccc(O)c(Cl)c1. The van der Waals surface area contributed by atoms with Gasteiger partial charge in [0.2, 0.25) is 0 Å². The largest absolute Gasteiger partial charge is 0.506 e. The number of alkyl halides is 1. The summed E-state index contributed by atoms with van der Waals surface area (Å²) in [6.45, 7) is 3.92. The van der Waals surface area contributed by atoms with E-state index in [0.717, 1.165) is 0 Å². The van der Waals surface area contributed by atoms with Crippen LogP contribution in [0.3, 0.4) is 0 Å². The fraction of sp³-hybridized carbons (Fsp3) is 0.364. The maximum Gasteiger partial charge on any atom is 0.176 e. The topological polar surface area (TPSA) is 37.3 Å². The van der Waals surface area contributed by atoms with E-state index >= 15 is 0 Å². The average Bonchev–Trinajstić information content (AvgIpc) is 2.19. The summed E-state index contributed by atoms with van der Waals surface area (Å²) in [4.78, 5) is 11.6. The Morgan fingerprint density at radius 2 is 2.07 bits per heavy atom. The number of benzene rings is 1. The lowest BCUT2D eigenvalue weighted by Gasteiger charge is -2.12. The molecule has 82 valence electrons. The first-order chi connectivity index (χ1) is 6.93. The van der Waals surface area contributed by atoms with Gasteiger partial charge in [-0.2, -0.15) is 0 Å². The van der Waals surface area contributed by atoms with Crippen molar-refractivity contribution < 1.29 is 9.90 Å². The van der Waals surface area contributed by atoms with Crippen molar-refractivity contribution >= 4 is 33.3 Å². The number of hydrogen-bond acceptors (Lipinski definition) is 2. The van der Waals surface area contributed by atoms with Crippen LogP contribution in [0.1, 0.15) is 24.2 Å². The molecular weight excluding hydrogens is 279 g/mol. The summed E-state index contributed by atoms with van der Waals surface area (Å²) >= 11 is 9.06. The number of halogens is 2. The first kappa shape index (κ1) is 12.5. The normalized spacial score (nSPS) is 12.9. The summed E-state index contributed by atoms with van der Waals surface area (Å²) < 4.78 is 0. The molecule has 15 heavy (non-hydrogen) atoms. The number of carbonyl (C=O) groups is 1. The van der Waals surface area contributed by atoms with Crippen molar-refractivity contribution in [2.75, 3.05) is 0 Å². The van der Waals surface area contributed by atoms with Crippen LogP contribution in [0.2, 0.25) is 5.02 Å². The second kappa shape index (κ2) is 4.99. The second-order valence-corrected chi connectivity index (χ2v) is 5.07. The van der Waals surface area contributed by atoms with Crippen LogP contribution in [0.25, 0.3) is 0 Å². The molecule has 0 aliphatic carbocycles. The Balaban J connectivity index is 2.97. The van der Waals surface area contributed by atoms with Gasteiger partial charge < -0.3 is 5.11 Å². The standard InChI is InChI=1S/C11H12BrClO2/c1-6(2)10(12)11(15)7-3-4-9(14)8(13)5-7/h3-6,10,14H,1-2H3. The van der Waals surface area contributed by atoms with Gasteiger partial charge in [-0.05, 0) is 24.1 Å². The fourth-order valence-corrected chi connectivity index (χ4v) is 1.57. The van der Waals surface area contributed by atoms with Crippen molar-refractivity contribution in [3.05, 3.63) is 28.8 Å². The minimum atomic E-state index is -0.224. The molecule has 0 bridgehead atoms. The monoisotopic (exact) mass is 290 g/mol. The van der Waals surface area contributed by atoms with E-state index in [4.69, 9.17) is 11.6 Å². The molecule has 1 atom stereocenters. The number of rotatable bonds is 3. The summed E-state index contributed by atoms with van der Waals surface area (Å²) in [5, 5.41) is 9.42. The Hall–Kier alpha value is -0.540. The van der Waals surface area contributed by atoms with Gasteiger partial charge in [0.05, 0.1) is 9.85 Å². The highest BCUT2D eigenvalue weighted by molar-refractivity contribution is 9.10. The lowest BCUT2D eigenvalue weighted by atomic mass is 10.0. The highest BCUT2D eigenvalue weighted by atomic mass is 79.9. The van der Waals surface area contributed by atoms with Crippen molar-refractivity contribution in [1.29, 1.82) is 0 Å². The molecule has 4 heteroatoms. The van der Waals surface area contributed by atoms with E-state index < -0.39 is 0 Å². The number of hydrogen-bond donors (Lipinski definition) is 1. The third-order valence-electron chi connectivity index (χ3n) is 2.07. The Bertz CT molecular complexity index is 377. The van der Waals surface area contributed by atoms with Gasteiger partial charge in [0.15, 0.2) is 5.78 Å². The fourth-order valence-electron chi connectivity index (χ4n) is 1.12. The highest BCUT2D eigenvalue weighted by Gasteiger charge is 2.20. The molecule has 0 aromatic heterocycles. The molecule has 0 fully saturated rings. The summed E-state index contributed by atoms with van der Waals surface area (Å²) in [7, 11) is 0. The average molecular weight is 292 g/mol. The minimum Gasteiger partial charge on any atom is -0.506 e. The molecule has 0 aliphatic heterocycles. The van der Waals surface area contributed by atoms with E-state index in [-0.39, 0.29) is 27.3 Å². The van der Waals surface area contributed by atoms with Gasteiger partial charge in [-0.25, -0.2) is 0 Å². The van der Waals surface area contributed by atoms with Crippen LogP contribution in [0, 0.1) is 5.92 Å². The van der Waals surface area contributed by atoms with Crippen LogP contribution in [0.4, 0.5) is 0 Å². The smallest absolute Gasteiger partial charge is 0.176 e. The molecule has 0 heterocycles. The number of carbonyl (C=O) groups excluding carboxylic acids is 1. The van der Waals surface area contributed by atoms with Crippen LogP contribution >= 0.6 is 27.5 Å². The molecule has 1 aromatic carbocycles. The lowest BCUT2D eigenvalue weighted by Crippen LogP contribution is -2.19. The van der Waals surface area contributed by atoms with Crippen molar-refractivity contribution in [2.45, 2.75) is 18.7 Å². The predicted molar refractivity (Wildman–Crippen MR) is 65.0 cm³/mol. The molecule has 1 N–H and O–H groups in total. The number of ketones is 1. The number of Topliss-reactive ketones (excluding diaryl/α,β-unsaturated/α-hetero) is 1. The van der Waals surface area contributed by atoms with Gasteiger partial charge in [-0.1, -0.05) is 41.4 Å². The molecular formula is C11H12BrClO2. The summed E-state index contributed by atoms with van der Waals surface area (Å²) in [6.07, 6.45) is 0. The minimum absolute atomic E-state index is 0.0103. The maximum absolute atomic E-state index is 11.9. The van der Waals surface area contributed by atoms with Gasteiger partial charge >= 0.3 is 0 Å². The Labute approximate surface area is 102 Å². The Morgan fingerprint density at radius 3 is 2.53 bits per heavy atom. The molecule has 1 rings (SSSR count). The van der Waals surface area contributed by atoms with Gasteiger partial charge in [-0.3, -0.25) is 4.79 Å². The molecule has 1 unspecified atom stereocenters. The first-order valence-corrected chi connectivity index (χ1v) is 5.89. The molecule has 0 radical (unpaired) electrons. The highest BCUT2D eigenvalue weighted by Crippen LogP contribution is 2.26. The summed E-state index contributed by atoms with van der Waals surface area (Å²) in [5.41, 5.74) is 0.508. The van der Waals surface area contributed by atoms with Crippen molar-refractivity contribution in [1.82, 2.24) is 0 Å². The Kier molecular flexibility index (Phi) is 4.17. The van der Waals surface area contributed by atoms with E-state index in [1.807, 2.05) is 13.8 Å². The zero-order chi connectivity index (χ0) is 11.6. The molecule has 0 spiro atoms. The van der Waals surface area contributed by atoms with E-state index in [1.165, 1.54) is 12.1 Å². The zero-order valence-electron chi connectivity index (χ0n) is 8.50. The number of aromatic hydroxyl groups is 1. The van der Waals surface area contributed by atoms with Crippen LogP contribution in [0.15, 0.2) is 18.2 Å². The Morgan fingerprint density at radius 1 is 1.47 bits per heavy atom. The van der Waals surface area contributed by atoms with Crippen molar-refractivity contribution in [2.24, 2.45) is 5.92 Å². The van der Waals surface area contributed by atoms with Gasteiger partial charge in [-0.15, -0.1) is 0 Å². The van der Waals surface area contributed by atoms with Crippen LogP contribution in [-0.2, 0) is 0 Å². The van der Waals surface area contributed by atoms with Crippen LogP contribution < -0.4 is 0 Å². The summed E-state index contributed by atoms with van der Waals surface area (Å²) in [6, 6.07) is 4.48. The molecule has 0 amide bonds. The summed E-state index contributed by atoms with van der Waals surface area (Å²) in [5.74, 6) is 0.181. The zero-order valence-corrected chi connectivity index (χ0v) is 10.8. The third kappa shape index (κ3) is 2.95. The molecule has 0 saturated heterocycles. The van der Waals surface area contributed by atoms with Crippen LogP contribution in [0.5, 0.6) is 5.75 Å². The van der Waals surface area contributed by atoms with E-state index in [0.29, 0.717) is 5.56 Å². The van der Waals surface area contributed by atoms with Crippen molar-refractivity contribution in [3.8, 4) is 5.75 Å².